The molecule has 0 aliphatic rings. The number of rotatable bonds is 15. The summed E-state index contributed by atoms with van der Waals surface area (Å²) >= 11 is 0. The van der Waals surface area contributed by atoms with Crippen LogP contribution in [0.25, 0.3) is 0 Å². The maximum atomic E-state index is 13.6. The molecule has 4 atom stereocenters. The van der Waals surface area contributed by atoms with Crippen molar-refractivity contribution in [2.45, 2.75) is 50.7 Å². The van der Waals surface area contributed by atoms with Crippen molar-refractivity contribution in [2.24, 2.45) is 11.8 Å². The Morgan fingerprint density at radius 3 is 2.21 bits per heavy atom. The van der Waals surface area contributed by atoms with Gasteiger partial charge >= 0.3 is 12.1 Å². The molecule has 0 unspecified atom stereocenters. The van der Waals surface area contributed by atoms with Gasteiger partial charge in [0.2, 0.25) is 10.0 Å². The summed E-state index contributed by atoms with van der Waals surface area (Å²) in [7, 11) is -1.23. The molecule has 0 aliphatic heterocycles. The molecule has 0 bridgehead atoms. The first kappa shape index (κ1) is 32.1. The lowest BCUT2D eigenvalue weighted by atomic mass is 10.0. The first-order chi connectivity index (χ1) is 18.5. The van der Waals surface area contributed by atoms with Crippen molar-refractivity contribution in [3.05, 3.63) is 60.2 Å². The third-order valence-electron chi connectivity index (χ3n) is 6.43. The Morgan fingerprint density at radius 1 is 1.00 bits per heavy atom. The molecular formula is C28H40N2O8S. The molecule has 2 N–H and O–H groups in total. The van der Waals surface area contributed by atoms with Gasteiger partial charge in [0.25, 0.3) is 0 Å². The van der Waals surface area contributed by atoms with Crippen LogP contribution in [-0.4, -0.2) is 76.0 Å². The number of alkyl carbamates (subject to hydrolysis) is 1. The summed E-state index contributed by atoms with van der Waals surface area (Å²) in [6.45, 7) is 5.17. The number of carbonyl (C=O) groups excluding carboxylic acids is 2. The number of nitrogens with one attached hydrogen (secondary N) is 1. The van der Waals surface area contributed by atoms with E-state index in [-0.39, 0.29) is 36.9 Å². The third kappa shape index (κ3) is 9.83. The van der Waals surface area contributed by atoms with Crippen molar-refractivity contribution in [3.63, 3.8) is 0 Å². The zero-order valence-corrected chi connectivity index (χ0v) is 24.0. The zero-order valence-electron chi connectivity index (χ0n) is 23.2. The molecule has 2 aromatic rings. The molecule has 0 heterocycles. The Labute approximate surface area is 231 Å². The molecule has 0 spiro atoms. The molecule has 0 saturated carbocycles. The maximum absolute atomic E-state index is 13.6. The van der Waals surface area contributed by atoms with E-state index in [1.54, 1.807) is 19.1 Å². The van der Waals surface area contributed by atoms with Crippen LogP contribution in [0.2, 0.25) is 0 Å². The number of aliphatic hydroxyl groups excluding tert-OH is 1. The van der Waals surface area contributed by atoms with E-state index in [1.165, 1.54) is 30.7 Å². The van der Waals surface area contributed by atoms with Gasteiger partial charge in [-0.25, -0.2) is 13.2 Å². The van der Waals surface area contributed by atoms with Crippen LogP contribution in [0, 0.1) is 11.8 Å². The average molecular weight is 565 g/mol. The number of carbonyl (C=O) groups is 2. The first-order valence-electron chi connectivity index (χ1n) is 12.9. The van der Waals surface area contributed by atoms with Gasteiger partial charge in [-0.05, 0) is 49.1 Å². The Balaban J connectivity index is 2.28. The van der Waals surface area contributed by atoms with Gasteiger partial charge in [0, 0.05) is 13.1 Å². The third-order valence-corrected chi connectivity index (χ3v) is 8.28. The van der Waals surface area contributed by atoms with E-state index in [1.807, 2.05) is 44.2 Å². The van der Waals surface area contributed by atoms with E-state index in [4.69, 9.17) is 9.47 Å². The molecule has 10 nitrogen and oxygen atoms in total. The molecule has 216 valence electrons. The lowest BCUT2D eigenvalue weighted by Gasteiger charge is -2.31. The van der Waals surface area contributed by atoms with Crippen molar-refractivity contribution < 1.29 is 37.3 Å². The fourth-order valence-corrected chi connectivity index (χ4v) is 5.37. The fourth-order valence-electron chi connectivity index (χ4n) is 3.79. The number of hydrogen-bond donors (Lipinski definition) is 2. The lowest BCUT2D eigenvalue weighted by molar-refractivity contribution is -0.146. The Bertz CT molecular complexity index is 1140. The number of aliphatic hydroxyl groups is 1. The molecule has 0 aromatic heterocycles. The van der Waals surface area contributed by atoms with Crippen LogP contribution in [0.3, 0.4) is 0 Å². The van der Waals surface area contributed by atoms with E-state index < -0.39 is 40.1 Å². The summed E-state index contributed by atoms with van der Waals surface area (Å²) in [5.74, 6) is -0.642. The second-order valence-corrected chi connectivity index (χ2v) is 11.5. The number of nitrogens with zero attached hydrogens (tertiary/aromatic N) is 1. The summed E-state index contributed by atoms with van der Waals surface area (Å²) < 4.78 is 43.4. The van der Waals surface area contributed by atoms with Gasteiger partial charge in [0.05, 0.1) is 37.2 Å². The summed E-state index contributed by atoms with van der Waals surface area (Å²) in [6, 6.07) is 14.4. The fraction of sp³-hybridized carbons (Fsp3) is 0.500. The number of amides is 1. The van der Waals surface area contributed by atoms with Crippen LogP contribution in [0.1, 0.15) is 32.8 Å². The second-order valence-electron chi connectivity index (χ2n) is 9.54. The SMILES string of the molecule is CC[C@H](C)CN(C[C@@H](O)[C@H](Cc1ccccc1)NC(=O)OC[C@@H](C)C(=O)OC)S(=O)(=O)c1ccc(OC)cc1. The Hall–Kier alpha value is -3.15. The van der Waals surface area contributed by atoms with Crippen LogP contribution >= 0.6 is 0 Å². The number of hydrogen-bond acceptors (Lipinski definition) is 8. The minimum absolute atomic E-state index is 0.0236. The van der Waals surface area contributed by atoms with E-state index in [0.717, 1.165) is 12.0 Å². The molecule has 2 rings (SSSR count). The Morgan fingerprint density at radius 2 is 1.64 bits per heavy atom. The first-order valence-corrected chi connectivity index (χ1v) is 14.3. The van der Waals surface area contributed by atoms with Gasteiger partial charge in [-0.15, -0.1) is 0 Å². The highest BCUT2D eigenvalue weighted by molar-refractivity contribution is 7.89. The Kier molecular flexibility index (Phi) is 12.7. The van der Waals surface area contributed by atoms with Crippen molar-refractivity contribution in [3.8, 4) is 5.75 Å². The minimum Gasteiger partial charge on any atom is -0.497 e. The second kappa shape index (κ2) is 15.4. The van der Waals surface area contributed by atoms with Gasteiger partial charge < -0.3 is 24.6 Å². The van der Waals surface area contributed by atoms with Crippen molar-refractivity contribution >= 4 is 22.1 Å². The van der Waals surface area contributed by atoms with Gasteiger partial charge in [0.1, 0.15) is 12.4 Å². The molecule has 0 aliphatic carbocycles. The normalized spacial score (nSPS) is 14.6. The van der Waals surface area contributed by atoms with Crippen LogP contribution in [0.4, 0.5) is 4.79 Å². The summed E-state index contributed by atoms with van der Waals surface area (Å²) in [5, 5.41) is 14.0. The van der Waals surface area contributed by atoms with E-state index in [0.29, 0.717) is 5.75 Å². The molecule has 0 radical (unpaired) electrons. The van der Waals surface area contributed by atoms with Gasteiger partial charge in [-0.1, -0.05) is 50.6 Å². The monoisotopic (exact) mass is 564 g/mol. The number of esters is 1. The smallest absolute Gasteiger partial charge is 0.407 e. The number of methoxy groups -OCH3 is 2. The number of benzene rings is 2. The molecule has 2 aromatic carbocycles. The topological polar surface area (TPSA) is 131 Å². The summed E-state index contributed by atoms with van der Waals surface area (Å²) in [4.78, 5) is 24.3. The zero-order chi connectivity index (χ0) is 29.0. The molecule has 0 saturated heterocycles. The average Bonchev–Trinajstić information content (AvgIpc) is 2.94. The number of sulfonamides is 1. The quantitative estimate of drug-likeness (QED) is 0.315. The predicted octanol–water partition coefficient (Wildman–Crippen LogP) is 3.24. The van der Waals surface area contributed by atoms with Gasteiger partial charge in [-0.2, -0.15) is 4.31 Å². The van der Waals surface area contributed by atoms with Crippen LogP contribution in [0.15, 0.2) is 59.5 Å². The highest BCUT2D eigenvalue weighted by atomic mass is 32.2. The largest absolute Gasteiger partial charge is 0.497 e. The lowest BCUT2D eigenvalue weighted by Crippen LogP contribution is -2.51. The molecule has 39 heavy (non-hydrogen) atoms. The van der Waals surface area contributed by atoms with E-state index in [2.05, 4.69) is 10.1 Å². The maximum Gasteiger partial charge on any atom is 0.407 e. The minimum atomic E-state index is -3.97. The van der Waals surface area contributed by atoms with Crippen molar-refractivity contribution in [1.29, 1.82) is 0 Å². The van der Waals surface area contributed by atoms with Crippen molar-refractivity contribution in [2.75, 3.05) is 33.9 Å². The molecular weight excluding hydrogens is 524 g/mol. The van der Waals surface area contributed by atoms with E-state index in [9.17, 15) is 23.1 Å². The van der Waals surface area contributed by atoms with Gasteiger partial charge in [-0.3, -0.25) is 4.79 Å². The molecule has 1 amide bonds. The van der Waals surface area contributed by atoms with E-state index >= 15 is 0 Å². The summed E-state index contributed by atoms with van der Waals surface area (Å²) in [5.41, 5.74) is 0.830. The van der Waals surface area contributed by atoms with Gasteiger partial charge in [0.15, 0.2) is 0 Å². The molecule has 0 fully saturated rings. The predicted molar refractivity (Wildman–Crippen MR) is 147 cm³/mol. The highest BCUT2D eigenvalue weighted by Gasteiger charge is 2.32. The standard InChI is InChI=1S/C28H40N2O8S/c1-6-20(2)17-30(39(34,35)24-14-12-23(36-4)13-15-24)18-26(31)25(16-22-10-8-7-9-11-22)29-28(33)38-19-21(3)27(32)37-5/h7-15,20-21,25-26,31H,6,16-19H2,1-5H3,(H,29,33)/t20-,21+,25-,26+/m0/s1. The van der Waals surface area contributed by atoms with Crippen LogP contribution in [0.5, 0.6) is 5.75 Å². The molecule has 11 heteroatoms. The van der Waals surface area contributed by atoms with Crippen LogP contribution in [-0.2, 0) is 30.7 Å². The van der Waals surface area contributed by atoms with Crippen molar-refractivity contribution in [1.82, 2.24) is 9.62 Å². The van der Waals surface area contributed by atoms with Crippen LogP contribution < -0.4 is 10.1 Å². The summed E-state index contributed by atoms with van der Waals surface area (Å²) in [6.07, 6.45) is -1.14. The highest BCUT2D eigenvalue weighted by Crippen LogP contribution is 2.22. The number of ether oxygens (including phenoxy) is 3.